The van der Waals surface area contributed by atoms with Crippen LogP contribution in [0.15, 0.2) is 47.4 Å². The standard InChI is InChI=1S/C16H16Cl3NS/c1-11(13-7-8-14(17)16(19)15(13)18)20-9-10-21-12-5-3-2-4-6-12/h2-8,11,20H,9-10H2,1H3. The Morgan fingerprint density at radius 1 is 1.00 bits per heavy atom. The van der Waals surface area contributed by atoms with Gasteiger partial charge in [0.05, 0.1) is 15.1 Å². The number of nitrogens with one attached hydrogen (secondary N) is 1. The van der Waals surface area contributed by atoms with E-state index in [0.29, 0.717) is 15.1 Å². The molecule has 0 aromatic heterocycles. The molecule has 1 nitrogen and oxygen atoms in total. The molecule has 1 atom stereocenters. The normalized spacial score (nSPS) is 12.4. The second kappa shape index (κ2) is 8.30. The monoisotopic (exact) mass is 359 g/mol. The van der Waals surface area contributed by atoms with Crippen molar-refractivity contribution in [3.05, 3.63) is 63.1 Å². The lowest BCUT2D eigenvalue weighted by molar-refractivity contribution is 0.601. The van der Waals surface area contributed by atoms with E-state index in [1.54, 1.807) is 6.07 Å². The summed E-state index contributed by atoms with van der Waals surface area (Å²) in [6, 6.07) is 14.2. The highest BCUT2D eigenvalue weighted by molar-refractivity contribution is 7.99. The summed E-state index contributed by atoms with van der Waals surface area (Å²) in [6.07, 6.45) is 0. The maximum absolute atomic E-state index is 6.24. The molecule has 0 aliphatic heterocycles. The maximum Gasteiger partial charge on any atom is 0.0781 e. The first-order valence-electron chi connectivity index (χ1n) is 6.64. The minimum Gasteiger partial charge on any atom is -0.309 e. The molecule has 2 aromatic rings. The third-order valence-corrected chi connectivity index (χ3v) is 5.42. The van der Waals surface area contributed by atoms with Crippen LogP contribution in [-0.4, -0.2) is 12.3 Å². The molecule has 0 heterocycles. The van der Waals surface area contributed by atoms with Gasteiger partial charge in [-0.25, -0.2) is 0 Å². The van der Waals surface area contributed by atoms with Crippen LogP contribution in [0.25, 0.3) is 0 Å². The van der Waals surface area contributed by atoms with Crippen LogP contribution in [0.2, 0.25) is 15.1 Å². The Morgan fingerprint density at radius 3 is 2.43 bits per heavy atom. The molecular weight excluding hydrogens is 345 g/mol. The predicted octanol–water partition coefficient (Wildman–Crippen LogP) is 6.09. The van der Waals surface area contributed by atoms with Gasteiger partial charge < -0.3 is 5.32 Å². The molecule has 5 heteroatoms. The molecule has 0 bridgehead atoms. The fraction of sp³-hybridized carbons (Fsp3) is 0.250. The van der Waals surface area contributed by atoms with Crippen LogP contribution < -0.4 is 5.32 Å². The number of hydrogen-bond acceptors (Lipinski definition) is 2. The zero-order chi connectivity index (χ0) is 15.2. The lowest BCUT2D eigenvalue weighted by Crippen LogP contribution is -2.21. The van der Waals surface area contributed by atoms with Crippen LogP contribution in [0.3, 0.4) is 0 Å². The van der Waals surface area contributed by atoms with Crippen molar-refractivity contribution in [2.45, 2.75) is 17.9 Å². The molecule has 21 heavy (non-hydrogen) atoms. The molecule has 0 aliphatic carbocycles. The molecule has 1 unspecified atom stereocenters. The van der Waals surface area contributed by atoms with E-state index in [9.17, 15) is 0 Å². The van der Waals surface area contributed by atoms with Gasteiger partial charge in [0, 0.05) is 23.2 Å². The van der Waals surface area contributed by atoms with Crippen molar-refractivity contribution in [1.29, 1.82) is 0 Å². The fourth-order valence-corrected chi connectivity index (χ4v) is 3.46. The average Bonchev–Trinajstić information content (AvgIpc) is 2.50. The maximum atomic E-state index is 6.24. The number of benzene rings is 2. The van der Waals surface area contributed by atoms with Gasteiger partial charge in [-0.15, -0.1) is 11.8 Å². The van der Waals surface area contributed by atoms with Crippen molar-refractivity contribution in [3.63, 3.8) is 0 Å². The Balaban J connectivity index is 1.85. The van der Waals surface area contributed by atoms with Gasteiger partial charge in [-0.05, 0) is 30.7 Å². The summed E-state index contributed by atoms with van der Waals surface area (Å²) in [5.41, 5.74) is 0.968. The van der Waals surface area contributed by atoms with Crippen LogP contribution in [0.1, 0.15) is 18.5 Å². The lowest BCUT2D eigenvalue weighted by atomic mass is 10.1. The van der Waals surface area contributed by atoms with Crippen LogP contribution in [0.4, 0.5) is 0 Å². The van der Waals surface area contributed by atoms with Crippen LogP contribution in [0, 0.1) is 0 Å². The van der Waals surface area contributed by atoms with Gasteiger partial charge in [0.1, 0.15) is 0 Å². The molecule has 112 valence electrons. The highest BCUT2D eigenvalue weighted by Crippen LogP contribution is 2.35. The zero-order valence-electron chi connectivity index (χ0n) is 11.6. The summed E-state index contributed by atoms with van der Waals surface area (Å²) >= 11 is 20.1. The number of halogens is 3. The topological polar surface area (TPSA) is 12.0 Å². The van der Waals surface area contributed by atoms with Crippen molar-refractivity contribution in [3.8, 4) is 0 Å². The van der Waals surface area contributed by atoms with E-state index in [0.717, 1.165) is 17.9 Å². The molecule has 0 radical (unpaired) electrons. The van der Waals surface area contributed by atoms with Crippen LogP contribution in [-0.2, 0) is 0 Å². The van der Waals surface area contributed by atoms with Crippen molar-refractivity contribution >= 4 is 46.6 Å². The molecule has 0 saturated heterocycles. The van der Waals surface area contributed by atoms with E-state index in [-0.39, 0.29) is 6.04 Å². The zero-order valence-corrected chi connectivity index (χ0v) is 14.7. The largest absolute Gasteiger partial charge is 0.309 e. The predicted molar refractivity (Wildman–Crippen MR) is 95.1 cm³/mol. The highest BCUT2D eigenvalue weighted by atomic mass is 35.5. The van der Waals surface area contributed by atoms with E-state index in [4.69, 9.17) is 34.8 Å². The summed E-state index contributed by atoms with van der Waals surface area (Å²) in [7, 11) is 0. The van der Waals surface area contributed by atoms with Gasteiger partial charge in [0.15, 0.2) is 0 Å². The first kappa shape index (κ1) is 17.0. The van der Waals surface area contributed by atoms with E-state index < -0.39 is 0 Å². The van der Waals surface area contributed by atoms with E-state index in [2.05, 4.69) is 24.4 Å². The van der Waals surface area contributed by atoms with Gasteiger partial charge in [0.25, 0.3) is 0 Å². The molecule has 2 aromatic carbocycles. The number of rotatable bonds is 6. The van der Waals surface area contributed by atoms with E-state index >= 15 is 0 Å². The van der Waals surface area contributed by atoms with E-state index in [1.165, 1.54) is 4.90 Å². The van der Waals surface area contributed by atoms with Crippen molar-refractivity contribution in [2.24, 2.45) is 0 Å². The average molecular weight is 361 g/mol. The van der Waals surface area contributed by atoms with Gasteiger partial charge in [0.2, 0.25) is 0 Å². The molecule has 0 aliphatic rings. The molecule has 1 N–H and O–H groups in total. The van der Waals surface area contributed by atoms with Crippen molar-refractivity contribution in [1.82, 2.24) is 5.32 Å². The smallest absolute Gasteiger partial charge is 0.0781 e. The summed E-state index contributed by atoms with van der Waals surface area (Å²) in [5.74, 6) is 0.993. The summed E-state index contributed by atoms with van der Waals surface area (Å²) in [4.78, 5) is 1.28. The Labute approximate surface area is 145 Å². The Bertz CT molecular complexity index is 590. The molecule has 0 spiro atoms. The molecular formula is C16H16Cl3NS. The SMILES string of the molecule is CC(NCCSc1ccccc1)c1ccc(Cl)c(Cl)c1Cl. The first-order valence-corrected chi connectivity index (χ1v) is 8.76. The van der Waals surface area contributed by atoms with Gasteiger partial charge >= 0.3 is 0 Å². The van der Waals surface area contributed by atoms with Crippen LogP contribution in [0.5, 0.6) is 0 Å². The van der Waals surface area contributed by atoms with Gasteiger partial charge in [-0.3, -0.25) is 0 Å². The second-order valence-corrected chi connectivity index (χ2v) is 6.93. The summed E-state index contributed by atoms with van der Waals surface area (Å²) < 4.78 is 0. The van der Waals surface area contributed by atoms with E-state index in [1.807, 2.05) is 36.0 Å². The molecule has 0 fully saturated rings. The molecule has 2 rings (SSSR count). The highest BCUT2D eigenvalue weighted by Gasteiger charge is 2.13. The van der Waals surface area contributed by atoms with Gasteiger partial charge in [-0.2, -0.15) is 0 Å². The minimum atomic E-state index is 0.128. The third-order valence-electron chi connectivity index (χ3n) is 3.10. The molecule has 0 saturated carbocycles. The summed E-state index contributed by atoms with van der Waals surface area (Å²) in [6.45, 7) is 2.95. The summed E-state index contributed by atoms with van der Waals surface area (Å²) in [5, 5.41) is 4.88. The Kier molecular flexibility index (Phi) is 6.72. The lowest BCUT2D eigenvalue weighted by Gasteiger charge is -2.16. The quantitative estimate of drug-likeness (QED) is 0.380. The molecule has 0 amide bonds. The van der Waals surface area contributed by atoms with Gasteiger partial charge in [-0.1, -0.05) is 59.1 Å². The van der Waals surface area contributed by atoms with Crippen molar-refractivity contribution < 1.29 is 0 Å². The fourth-order valence-electron chi connectivity index (χ4n) is 1.95. The Hall–Kier alpha value is -0.380. The van der Waals surface area contributed by atoms with Crippen LogP contribution >= 0.6 is 46.6 Å². The third kappa shape index (κ3) is 4.80. The number of hydrogen-bond donors (Lipinski definition) is 1. The number of thioether (sulfide) groups is 1. The van der Waals surface area contributed by atoms with Crippen molar-refractivity contribution in [2.75, 3.05) is 12.3 Å². The minimum absolute atomic E-state index is 0.128. The Morgan fingerprint density at radius 2 is 1.71 bits per heavy atom. The first-order chi connectivity index (χ1) is 10.1. The second-order valence-electron chi connectivity index (χ2n) is 4.60.